The van der Waals surface area contributed by atoms with Gasteiger partial charge in [-0.1, -0.05) is 54.6 Å². The number of anilines is 1. The zero-order valence-electron chi connectivity index (χ0n) is 19.1. The minimum Gasteiger partial charge on any atom is -0.481 e. The zero-order chi connectivity index (χ0) is 24.9. The minimum absolute atomic E-state index is 0.0414. The van der Waals surface area contributed by atoms with E-state index in [1.807, 2.05) is 48.5 Å². The highest BCUT2D eigenvalue weighted by Gasteiger charge is 2.30. The number of aliphatic carboxylic acids is 1. The predicted octanol–water partition coefficient (Wildman–Crippen LogP) is 4.84. The van der Waals surface area contributed by atoms with Gasteiger partial charge in [-0.2, -0.15) is 0 Å². The molecule has 0 saturated carbocycles. The highest BCUT2D eigenvalue weighted by Crippen LogP contribution is 2.44. The molecular formula is C27H25FN2O5. The average Bonchev–Trinajstić information content (AvgIpc) is 3.15. The molecule has 3 aromatic rings. The number of aryl methyl sites for hydroxylation is 1. The zero-order valence-corrected chi connectivity index (χ0v) is 19.1. The van der Waals surface area contributed by atoms with Crippen LogP contribution in [0.4, 0.5) is 14.9 Å². The third kappa shape index (κ3) is 5.48. The van der Waals surface area contributed by atoms with E-state index in [0.717, 1.165) is 22.3 Å². The second-order valence-electron chi connectivity index (χ2n) is 8.43. The molecule has 0 heterocycles. The fraction of sp³-hybridized carbons (Fsp3) is 0.222. The summed E-state index contributed by atoms with van der Waals surface area (Å²) in [6.45, 7) is 1.75. The summed E-state index contributed by atoms with van der Waals surface area (Å²) in [6, 6.07) is 18.8. The number of carboxylic acids is 1. The predicted molar refractivity (Wildman–Crippen MR) is 129 cm³/mol. The van der Waals surface area contributed by atoms with E-state index in [1.54, 1.807) is 13.0 Å². The van der Waals surface area contributed by atoms with Gasteiger partial charge in [-0.05, 0) is 53.3 Å². The van der Waals surface area contributed by atoms with Crippen LogP contribution in [0.2, 0.25) is 0 Å². The minimum atomic E-state index is -1.22. The van der Waals surface area contributed by atoms with Crippen molar-refractivity contribution >= 4 is 23.7 Å². The summed E-state index contributed by atoms with van der Waals surface area (Å²) >= 11 is 0. The van der Waals surface area contributed by atoms with E-state index in [9.17, 15) is 18.8 Å². The Bertz CT molecular complexity index is 1230. The van der Waals surface area contributed by atoms with Crippen molar-refractivity contribution in [3.8, 4) is 11.1 Å². The molecule has 1 atom stereocenters. The Hall–Kier alpha value is -4.20. The molecule has 0 aromatic heterocycles. The monoisotopic (exact) mass is 476 g/mol. The first kappa shape index (κ1) is 23.9. The van der Waals surface area contributed by atoms with Crippen LogP contribution in [0.5, 0.6) is 0 Å². The van der Waals surface area contributed by atoms with Crippen LogP contribution in [-0.2, 0) is 14.3 Å². The maximum atomic E-state index is 14.2. The van der Waals surface area contributed by atoms with Crippen molar-refractivity contribution in [2.24, 2.45) is 0 Å². The third-order valence-electron chi connectivity index (χ3n) is 5.98. The van der Waals surface area contributed by atoms with E-state index >= 15 is 0 Å². The smallest absolute Gasteiger partial charge is 0.407 e. The molecule has 2 amide bonds. The number of hydrogen-bond donors (Lipinski definition) is 3. The molecule has 8 heteroatoms. The molecule has 180 valence electrons. The van der Waals surface area contributed by atoms with E-state index in [-0.39, 0.29) is 31.1 Å². The van der Waals surface area contributed by atoms with Gasteiger partial charge in [0.1, 0.15) is 18.5 Å². The molecule has 7 nitrogen and oxygen atoms in total. The number of hydrogen-bond acceptors (Lipinski definition) is 4. The molecular weight excluding hydrogens is 451 g/mol. The number of carbonyl (C=O) groups excluding carboxylic acids is 2. The molecule has 0 fully saturated rings. The molecule has 1 aliphatic carbocycles. The standard InChI is InChI=1S/C27H25FN2O5/c1-16-10-11-23(22(28)14-16)29-26(33)24(12-13-25(31)32)30-27(34)35-15-21-19-8-4-2-6-17(19)18-7-3-5-9-20(18)21/h2-11,14,21,24H,12-13,15H2,1H3,(H,29,33)(H,30,34)(H,31,32). The lowest BCUT2D eigenvalue weighted by molar-refractivity contribution is -0.137. The van der Waals surface area contributed by atoms with Crippen molar-refractivity contribution in [2.45, 2.75) is 31.7 Å². The van der Waals surface area contributed by atoms with Crippen LogP contribution in [0, 0.1) is 12.7 Å². The summed E-state index contributed by atoms with van der Waals surface area (Å²) in [7, 11) is 0. The van der Waals surface area contributed by atoms with Gasteiger partial charge in [0.2, 0.25) is 5.91 Å². The van der Waals surface area contributed by atoms with E-state index < -0.39 is 29.8 Å². The Balaban J connectivity index is 1.43. The summed E-state index contributed by atoms with van der Waals surface area (Å²) < 4.78 is 19.6. The molecule has 0 radical (unpaired) electrons. The fourth-order valence-electron chi connectivity index (χ4n) is 4.26. The summed E-state index contributed by atoms with van der Waals surface area (Å²) in [5, 5.41) is 13.9. The number of rotatable bonds is 8. The van der Waals surface area contributed by atoms with Crippen molar-refractivity contribution in [1.82, 2.24) is 5.32 Å². The molecule has 0 aliphatic heterocycles. The van der Waals surface area contributed by atoms with E-state index in [4.69, 9.17) is 9.84 Å². The fourth-order valence-corrected chi connectivity index (χ4v) is 4.26. The summed E-state index contributed by atoms with van der Waals surface area (Å²) in [5.41, 5.74) is 4.86. The van der Waals surface area contributed by atoms with Gasteiger partial charge in [-0.25, -0.2) is 9.18 Å². The first-order chi connectivity index (χ1) is 16.8. The SMILES string of the molecule is Cc1ccc(NC(=O)C(CCC(=O)O)NC(=O)OCC2c3ccccc3-c3ccccc32)c(F)c1. The number of benzene rings is 3. The van der Waals surface area contributed by atoms with Gasteiger partial charge in [0.15, 0.2) is 0 Å². The lowest BCUT2D eigenvalue weighted by Crippen LogP contribution is -2.44. The second kappa shape index (κ2) is 10.4. The van der Waals surface area contributed by atoms with Crippen LogP contribution in [0.25, 0.3) is 11.1 Å². The van der Waals surface area contributed by atoms with E-state index in [0.29, 0.717) is 5.56 Å². The van der Waals surface area contributed by atoms with Crippen LogP contribution in [0.3, 0.4) is 0 Å². The lowest BCUT2D eigenvalue weighted by atomic mass is 9.98. The van der Waals surface area contributed by atoms with Gasteiger partial charge in [0.05, 0.1) is 5.69 Å². The number of amides is 2. The quantitative estimate of drug-likeness (QED) is 0.431. The number of halogens is 1. The molecule has 0 saturated heterocycles. The Morgan fingerprint density at radius 3 is 2.23 bits per heavy atom. The van der Waals surface area contributed by atoms with Crippen LogP contribution >= 0.6 is 0 Å². The van der Waals surface area contributed by atoms with Crippen LogP contribution in [-0.4, -0.2) is 35.7 Å². The number of carbonyl (C=O) groups is 3. The van der Waals surface area contributed by atoms with Gasteiger partial charge in [0, 0.05) is 12.3 Å². The van der Waals surface area contributed by atoms with Gasteiger partial charge >= 0.3 is 12.1 Å². The summed E-state index contributed by atoms with van der Waals surface area (Å²) in [6.07, 6.45) is -1.40. The Labute approximate surface area is 201 Å². The molecule has 1 unspecified atom stereocenters. The van der Waals surface area contributed by atoms with Crippen molar-refractivity contribution in [1.29, 1.82) is 0 Å². The largest absolute Gasteiger partial charge is 0.481 e. The summed E-state index contributed by atoms with van der Waals surface area (Å²) in [5.74, 6) is -2.65. The molecule has 3 N–H and O–H groups in total. The molecule has 3 aromatic carbocycles. The highest BCUT2D eigenvalue weighted by atomic mass is 19.1. The Morgan fingerprint density at radius 1 is 1.00 bits per heavy atom. The molecule has 1 aliphatic rings. The number of ether oxygens (including phenoxy) is 1. The molecule has 4 rings (SSSR count). The highest BCUT2D eigenvalue weighted by molar-refractivity contribution is 5.97. The first-order valence-corrected chi connectivity index (χ1v) is 11.2. The van der Waals surface area contributed by atoms with Gasteiger partial charge in [0.25, 0.3) is 0 Å². The van der Waals surface area contributed by atoms with Gasteiger partial charge in [-0.15, -0.1) is 0 Å². The Kier molecular flexibility index (Phi) is 7.10. The third-order valence-corrected chi connectivity index (χ3v) is 5.98. The number of nitrogens with one attached hydrogen (secondary N) is 2. The number of fused-ring (bicyclic) bond motifs is 3. The number of alkyl carbamates (subject to hydrolysis) is 1. The van der Waals surface area contributed by atoms with E-state index in [2.05, 4.69) is 10.6 Å². The molecule has 0 bridgehead atoms. The average molecular weight is 477 g/mol. The van der Waals surface area contributed by atoms with E-state index in [1.165, 1.54) is 12.1 Å². The number of carboxylic acid groups (broad SMARTS) is 1. The second-order valence-corrected chi connectivity index (χ2v) is 8.43. The van der Waals surface area contributed by atoms with Crippen LogP contribution in [0.15, 0.2) is 66.7 Å². The topological polar surface area (TPSA) is 105 Å². The first-order valence-electron chi connectivity index (χ1n) is 11.2. The van der Waals surface area contributed by atoms with Gasteiger partial charge in [-0.3, -0.25) is 9.59 Å². The normalized spacial score (nSPS) is 12.9. The maximum absolute atomic E-state index is 14.2. The van der Waals surface area contributed by atoms with Crippen molar-refractivity contribution in [2.75, 3.05) is 11.9 Å². The van der Waals surface area contributed by atoms with Crippen molar-refractivity contribution in [3.63, 3.8) is 0 Å². The van der Waals surface area contributed by atoms with Gasteiger partial charge < -0.3 is 20.5 Å². The molecule has 0 spiro atoms. The van der Waals surface area contributed by atoms with Crippen LogP contribution < -0.4 is 10.6 Å². The molecule has 35 heavy (non-hydrogen) atoms. The maximum Gasteiger partial charge on any atom is 0.407 e. The van der Waals surface area contributed by atoms with Crippen molar-refractivity contribution < 1.29 is 28.6 Å². The lowest BCUT2D eigenvalue weighted by Gasteiger charge is -2.19. The Morgan fingerprint density at radius 2 is 1.63 bits per heavy atom. The van der Waals surface area contributed by atoms with Crippen molar-refractivity contribution in [3.05, 3.63) is 89.2 Å². The van der Waals surface area contributed by atoms with Crippen LogP contribution in [0.1, 0.15) is 35.4 Å². The summed E-state index contributed by atoms with van der Waals surface area (Å²) in [4.78, 5) is 36.4.